The second-order valence-electron chi connectivity index (χ2n) is 9.75. The third kappa shape index (κ3) is 6.45. The van der Waals surface area contributed by atoms with E-state index in [9.17, 15) is 22.8 Å². The minimum atomic E-state index is -4.35. The SMILES string of the molecule is CON(C)C(=O)C1=CC(=NCCC(F)(F)F)C2=CCC(C)C=C(c3ccc(C(=O)NC4CC4)c(C)c3)N2N1. The number of nitrogens with one attached hydrogen (secondary N) is 2. The molecule has 2 heterocycles. The standard InChI is InChI=1S/C27H32F3N5O3/c1-16-5-10-23-21(31-12-11-27(28,29)30)15-22(26(37)34(3)38-4)33-35(23)24(13-16)18-6-9-20(17(2)14-18)25(36)32-19-7-8-19/h6,9-10,13-16,19,33H,5,7-8,11-12H2,1-4H3,(H,32,36). The maximum atomic E-state index is 13.0. The highest BCUT2D eigenvalue weighted by Gasteiger charge is 2.32. The highest BCUT2D eigenvalue weighted by Crippen LogP contribution is 2.33. The molecule has 4 rings (SSSR count). The lowest BCUT2D eigenvalue weighted by molar-refractivity contribution is -0.164. The van der Waals surface area contributed by atoms with E-state index in [-0.39, 0.29) is 29.3 Å². The second-order valence-corrected chi connectivity index (χ2v) is 9.75. The Bertz CT molecular complexity index is 1230. The smallest absolute Gasteiger partial charge is 0.349 e. The molecule has 1 unspecified atom stereocenters. The number of benzene rings is 1. The van der Waals surface area contributed by atoms with Crippen LogP contribution in [0.2, 0.25) is 0 Å². The average Bonchev–Trinajstić information content (AvgIpc) is 3.69. The fourth-order valence-electron chi connectivity index (χ4n) is 4.22. The molecule has 2 N–H and O–H groups in total. The monoisotopic (exact) mass is 531 g/mol. The number of halogens is 3. The number of carbonyl (C=O) groups is 2. The number of carbonyl (C=O) groups excluding carboxylic acids is 2. The van der Waals surface area contributed by atoms with E-state index in [1.165, 1.54) is 20.2 Å². The van der Waals surface area contributed by atoms with E-state index in [1.807, 2.05) is 38.1 Å². The number of rotatable bonds is 7. The molecule has 11 heteroatoms. The van der Waals surface area contributed by atoms with Crippen molar-refractivity contribution in [2.75, 3.05) is 20.7 Å². The van der Waals surface area contributed by atoms with Crippen molar-refractivity contribution in [1.29, 1.82) is 0 Å². The van der Waals surface area contributed by atoms with E-state index in [2.05, 4.69) is 15.7 Å². The summed E-state index contributed by atoms with van der Waals surface area (Å²) in [4.78, 5) is 34.9. The first-order valence-electron chi connectivity index (χ1n) is 12.5. The molecule has 8 nitrogen and oxygen atoms in total. The summed E-state index contributed by atoms with van der Waals surface area (Å²) in [7, 11) is 2.78. The molecule has 0 spiro atoms. The zero-order chi connectivity index (χ0) is 27.6. The van der Waals surface area contributed by atoms with Crippen LogP contribution in [-0.4, -0.2) is 60.5 Å². The van der Waals surface area contributed by atoms with Gasteiger partial charge in [-0.2, -0.15) is 13.2 Å². The summed E-state index contributed by atoms with van der Waals surface area (Å²) in [5, 5.41) is 5.69. The topological polar surface area (TPSA) is 86.3 Å². The minimum Gasteiger partial charge on any atom is -0.349 e. The third-order valence-electron chi connectivity index (χ3n) is 6.53. The molecule has 38 heavy (non-hydrogen) atoms. The molecule has 1 aromatic rings. The quantitative estimate of drug-likeness (QED) is 0.514. The zero-order valence-corrected chi connectivity index (χ0v) is 21.9. The molecule has 0 aromatic heterocycles. The van der Waals surface area contributed by atoms with E-state index in [4.69, 9.17) is 4.84 Å². The summed E-state index contributed by atoms with van der Waals surface area (Å²) in [6.45, 7) is 3.41. The molecule has 1 saturated carbocycles. The van der Waals surface area contributed by atoms with E-state index >= 15 is 0 Å². The van der Waals surface area contributed by atoms with Crippen molar-refractivity contribution in [1.82, 2.24) is 20.8 Å². The van der Waals surface area contributed by atoms with Gasteiger partial charge in [-0.25, -0.2) is 5.06 Å². The van der Waals surface area contributed by atoms with Crippen LogP contribution in [-0.2, 0) is 9.63 Å². The Morgan fingerprint density at radius 2 is 2.00 bits per heavy atom. The van der Waals surface area contributed by atoms with E-state index in [0.717, 1.165) is 29.0 Å². The van der Waals surface area contributed by atoms with Crippen LogP contribution >= 0.6 is 0 Å². The number of hydrogen-bond acceptors (Lipinski definition) is 6. The first-order valence-corrected chi connectivity index (χ1v) is 12.5. The number of aliphatic imine (C=N–C) groups is 1. The van der Waals surface area contributed by atoms with E-state index < -0.39 is 25.0 Å². The number of amides is 2. The molecule has 0 saturated heterocycles. The van der Waals surface area contributed by atoms with Crippen molar-refractivity contribution in [3.05, 3.63) is 64.5 Å². The number of fused-ring (bicyclic) bond motifs is 1. The number of hydroxylamine groups is 2. The second kappa shape index (κ2) is 11.0. The number of alkyl halides is 3. The molecule has 204 valence electrons. The van der Waals surface area contributed by atoms with Gasteiger partial charge in [0.05, 0.1) is 30.6 Å². The number of aryl methyl sites for hydroxylation is 1. The molecule has 2 aliphatic heterocycles. The van der Waals surface area contributed by atoms with Crippen LogP contribution in [0.15, 0.2) is 52.8 Å². The first kappa shape index (κ1) is 27.4. The number of nitrogens with zero attached hydrogens (tertiary/aromatic N) is 3. The summed E-state index contributed by atoms with van der Waals surface area (Å²) in [5.41, 5.74) is 6.85. The Balaban J connectivity index is 1.72. The minimum absolute atomic E-state index is 0.0836. The Kier molecular flexibility index (Phi) is 7.96. The lowest BCUT2D eigenvalue weighted by atomic mass is 9.99. The van der Waals surface area contributed by atoms with E-state index in [0.29, 0.717) is 23.4 Å². The predicted octanol–water partition coefficient (Wildman–Crippen LogP) is 4.27. The Labute approximate surface area is 219 Å². The van der Waals surface area contributed by atoms with Gasteiger partial charge in [0.25, 0.3) is 11.8 Å². The molecule has 0 bridgehead atoms. The molecule has 0 radical (unpaired) electrons. The molecule has 3 aliphatic rings. The van der Waals surface area contributed by atoms with Crippen molar-refractivity contribution >= 4 is 23.2 Å². The van der Waals surface area contributed by atoms with Gasteiger partial charge in [-0.3, -0.25) is 29.9 Å². The van der Waals surface area contributed by atoms with Crippen LogP contribution in [0.3, 0.4) is 0 Å². The Hall–Kier alpha value is -3.60. The summed E-state index contributed by atoms with van der Waals surface area (Å²) in [5.74, 6) is -0.552. The van der Waals surface area contributed by atoms with Crippen molar-refractivity contribution in [3.8, 4) is 0 Å². The fraction of sp³-hybridized carbons (Fsp3) is 0.444. The van der Waals surface area contributed by atoms with Gasteiger partial charge < -0.3 is 5.32 Å². The van der Waals surface area contributed by atoms with Crippen LogP contribution in [0.25, 0.3) is 5.70 Å². The zero-order valence-electron chi connectivity index (χ0n) is 21.9. The fourth-order valence-corrected chi connectivity index (χ4v) is 4.22. The van der Waals surface area contributed by atoms with Crippen LogP contribution in [0.5, 0.6) is 0 Å². The number of likely N-dealkylation sites (N-methyl/N-ethyl adjacent to an activating group) is 1. The summed E-state index contributed by atoms with van der Waals surface area (Å²) in [6.07, 6.45) is 2.54. The van der Waals surface area contributed by atoms with Crippen molar-refractivity contribution in [2.45, 2.75) is 51.7 Å². The number of hydrazine groups is 1. The molecule has 1 fully saturated rings. The Morgan fingerprint density at radius 3 is 2.63 bits per heavy atom. The van der Waals surface area contributed by atoms with Crippen LogP contribution in [0, 0.1) is 12.8 Å². The lowest BCUT2D eigenvalue weighted by Gasteiger charge is -2.35. The molecule has 1 atom stereocenters. The normalized spacial score (nSPS) is 20.5. The van der Waals surface area contributed by atoms with Crippen LogP contribution in [0.4, 0.5) is 13.2 Å². The highest BCUT2D eigenvalue weighted by molar-refractivity contribution is 6.14. The van der Waals surface area contributed by atoms with Gasteiger partial charge in [-0.15, -0.1) is 0 Å². The van der Waals surface area contributed by atoms with Gasteiger partial charge in [0.2, 0.25) is 0 Å². The molecular weight excluding hydrogens is 499 g/mol. The molecule has 1 aromatic carbocycles. The van der Waals surface area contributed by atoms with E-state index in [1.54, 1.807) is 11.1 Å². The maximum absolute atomic E-state index is 13.0. The van der Waals surface area contributed by atoms with Crippen LogP contribution in [0.1, 0.15) is 54.1 Å². The van der Waals surface area contributed by atoms with Gasteiger partial charge in [0, 0.05) is 30.8 Å². The van der Waals surface area contributed by atoms with Gasteiger partial charge >= 0.3 is 6.18 Å². The van der Waals surface area contributed by atoms with Gasteiger partial charge in [0.15, 0.2) is 0 Å². The predicted molar refractivity (Wildman–Crippen MR) is 137 cm³/mol. The molecular formula is C27H32F3N5O3. The summed E-state index contributed by atoms with van der Waals surface area (Å²) >= 11 is 0. The van der Waals surface area contributed by atoms with Crippen LogP contribution < -0.4 is 10.7 Å². The number of hydrogen-bond donors (Lipinski definition) is 2. The maximum Gasteiger partial charge on any atom is 0.390 e. The van der Waals surface area contributed by atoms with Gasteiger partial charge in [0.1, 0.15) is 5.70 Å². The van der Waals surface area contributed by atoms with Crippen molar-refractivity contribution < 1.29 is 27.6 Å². The first-order chi connectivity index (χ1) is 18.0. The summed E-state index contributed by atoms with van der Waals surface area (Å²) in [6, 6.07) is 5.73. The Morgan fingerprint density at radius 1 is 1.26 bits per heavy atom. The number of allylic oxidation sites excluding steroid dienone is 3. The highest BCUT2D eigenvalue weighted by atomic mass is 19.4. The lowest BCUT2D eigenvalue weighted by Crippen LogP contribution is -2.46. The average molecular weight is 532 g/mol. The molecule has 2 amide bonds. The largest absolute Gasteiger partial charge is 0.390 e. The summed E-state index contributed by atoms with van der Waals surface area (Å²) < 4.78 is 38.6. The van der Waals surface area contributed by atoms with Crippen molar-refractivity contribution in [3.63, 3.8) is 0 Å². The van der Waals surface area contributed by atoms with Crippen molar-refractivity contribution in [2.24, 2.45) is 10.9 Å². The third-order valence-corrected chi connectivity index (χ3v) is 6.53. The molecule has 1 aliphatic carbocycles. The van der Waals surface area contributed by atoms with Gasteiger partial charge in [-0.05, 0) is 55.9 Å². The van der Waals surface area contributed by atoms with Gasteiger partial charge in [-0.1, -0.05) is 25.1 Å².